The third kappa shape index (κ3) is 3.17. The zero-order valence-corrected chi connectivity index (χ0v) is 15.3. The molecule has 0 aliphatic carbocycles. The maximum Gasteiger partial charge on any atom is 0.243 e. The van der Waals surface area contributed by atoms with Crippen molar-refractivity contribution in [2.45, 2.75) is 36.5 Å². The van der Waals surface area contributed by atoms with Crippen LogP contribution >= 0.6 is 0 Å². The number of hydrogen-bond acceptors (Lipinski definition) is 4. The first-order valence-electron chi connectivity index (χ1n) is 9.00. The van der Waals surface area contributed by atoms with Crippen molar-refractivity contribution in [1.29, 1.82) is 0 Å². The van der Waals surface area contributed by atoms with Crippen molar-refractivity contribution in [2.24, 2.45) is 0 Å². The largest absolute Gasteiger partial charge is 0.469 e. The summed E-state index contributed by atoms with van der Waals surface area (Å²) < 4.78 is 32.8. The number of carbonyl (C=O) groups excluding carboxylic acids is 1. The van der Waals surface area contributed by atoms with E-state index < -0.39 is 10.0 Å². The van der Waals surface area contributed by atoms with E-state index in [4.69, 9.17) is 4.42 Å². The van der Waals surface area contributed by atoms with E-state index in [0.717, 1.165) is 30.7 Å². The van der Waals surface area contributed by atoms with E-state index in [1.54, 1.807) is 35.4 Å². The van der Waals surface area contributed by atoms with Crippen LogP contribution in [0.25, 0.3) is 0 Å². The Kier molecular flexibility index (Phi) is 4.58. The van der Waals surface area contributed by atoms with Gasteiger partial charge in [-0.05, 0) is 55.7 Å². The molecule has 1 amide bonds. The molecule has 1 unspecified atom stereocenters. The summed E-state index contributed by atoms with van der Waals surface area (Å²) in [5.74, 6) is 1.04. The molecule has 138 valence electrons. The summed E-state index contributed by atoms with van der Waals surface area (Å²) in [5.41, 5.74) is 0.767. The lowest BCUT2D eigenvalue weighted by Crippen LogP contribution is -2.35. The molecule has 1 aromatic heterocycles. The number of rotatable bonds is 4. The molecule has 6 nitrogen and oxygen atoms in total. The number of furan rings is 1. The second kappa shape index (κ2) is 6.89. The highest BCUT2D eigenvalue weighted by Crippen LogP contribution is 2.32. The first kappa shape index (κ1) is 17.3. The molecule has 1 atom stereocenters. The lowest BCUT2D eigenvalue weighted by Gasteiger charge is -2.27. The van der Waals surface area contributed by atoms with Crippen molar-refractivity contribution in [3.8, 4) is 0 Å². The molecule has 1 aromatic carbocycles. The molecule has 26 heavy (non-hydrogen) atoms. The average Bonchev–Trinajstić information content (AvgIpc) is 3.34. The van der Waals surface area contributed by atoms with Crippen LogP contribution in [0.5, 0.6) is 0 Å². The standard InChI is InChI=1S/C19H22N2O4S/c22-19-5-1-2-11-21(19)16-6-8-17(9-7-16)26(23,24)20-12-10-15(14-20)18-4-3-13-25-18/h3-4,6-9,13,15H,1-2,5,10-12,14H2. The van der Waals surface area contributed by atoms with Gasteiger partial charge in [0.05, 0.1) is 11.2 Å². The van der Waals surface area contributed by atoms with Gasteiger partial charge < -0.3 is 9.32 Å². The second-order valence-electron chi connectivity index (χ2n) is 6.86. The molecule has 2 fully saturated rings. The number of piperidine rings is 1. The summed E-state index contributed by atoms with van der Waals surface area (Å²) >= 11 is 0. The van der Waals surface area contributed by atoms with Crippen LogP contribution in [0.3, 0.4) is 0 Å². The predicted molar refractivity (Wildman–Crippen MR) is 97.5 cm³/mol. The van der Waals surface area contributed by atoms with E-state index >= 15 is 0 Å². The highest BCUT2D eigenvalue weighted by atomic mass is 32.2. The molecule has 0 spiro atoms. The van der Waals surface area contributed by atoms with Gasteiger partial charge in [0, 0.05) is 37.7 Å². The predicted octanol–water partition coefficient (Wildman–Crippen LogP) is 2.97. The monoisotopic (exact) mass is 374 g/mol. The van der Waals surface area contributed by atoms with Crippen LogP contribution in [0.15, 0.2) is 52.0 Å². The molecule has 0 radical (unpaired) electrons. The van der Waals surface area contributed by atoms with Gasteiger partial charge in [0.2, 0.25) is 15.9 Å². The molecule has 0 N–H and O–H groups in total. The molecular weight excluding hydrogens is 352 g/mol. The number of nitrogens with zero attached hydrogens (tertiary/aromatic N) is 2. The molecule has 2 aromatic rings. The topological polar surface area (TPSA) is 70.8 Å². The fourth-order valence-electron chi connectivity index (χ4n) is 3.73. The molecular formula is C19H22N2O4S. The Labute approximate surface area is 153 Å². The van der Waals surface area contributed by atoms with E-state index in [0.29, 0.717) is 26.1 Å². The summed E-state index contributed by atoms with van der Waals surface area (Å²) in [7, 11) is -3.54. The first-order valence-corrected chi connectivity index (χ1v) is 10.4. The van der Waals surface area contributed by atoms with E-state index in [-0.39, 0.29) is 16.7 Å². The van der Waals surface area contributed by atoms with E-state index in [2.05, 4.69) is 0 Å². The molecule has 4 rings (SSSR count). The molecule has 2 aliphatic rings. The fraction of sp³-hybridized carbons (Fsp3) is 0.421. The van der Waals surface area contributed by atoms with Crippen LogP contribution in [0, 0.1) is 0 Å². The molecule has 7 heteroatoms. The SMILES string of the molecule is O=C1CCCCN1c1ccc(S(=O)(=O)N2CCC(c3ccco3)C2)cc1. The van der Waals surface area contributed by atoms with Crippen LogP contribution < -0.4 is 4.90 Å². The fourth-order valence-corrected chi connectivity index (χ4v) is 5.23. The number of anilines is 1. The molecule has 2 saturated heterocycles. The van der Waals surface area contributed by atoms with Gasteiger partial charge in [-0.25, -0.2) is 8.42 Å². The minimum Gasteiger partial charge on any atom is -0.469 e. The van der Waals surface area contributed by atoms with Crippen LogP contribution in [0.2, 0.25) is 0 Å². The number of amides is 1. The summed E-state index contributed by atoms with van der Waals surface area (Å²) in [6, 6.07) is 10.4. The molecule has 0 saturated carbocycles. The molecule has 2 aliphatic heterocycles. The summed E-state index contributed by atoms with van der Waals surface area (Å²) in [4.78, 5) is 14.0. The zero-order chi connectivity index (χ0) is 18.1. The van der Waals surface area contributed by atoms with Crippen LogP contribution in [-0.4, -0.2) is 38.3 Å². The highest BCUT2D eigenvalue weighted by molar-refractivity contribution is 7.89. The average molecular weight is 374 g/mol. The van der Waals surface area contributed by atoms with Gasteiger partial charge in [-0.3, -0.25) is 4.79 Å². The Morgan fingerprint density at radius 3 is 2.54 bits per heavy atom. The number of hydrogen-bond donors (Lipinski definition) is 0. The first-order chi connectivity index (χ1) is 12.6. The number of carbonyl (C=O) groups is 1. The number of sulfonamides is 1. The number of benzene rings is 1. The minimum atomic E-state index is -3.54. The third-order valence-electron chi connectivity index (χ3n) is 5.21. The Balaban J connectivity index is 1.50. The van der Waals surface area contributed by atoms with Gasteiger partial charge in [0.25, 0.3) is 0 Å². The van der Waals surface area contributed by atoms with Crippen LogP contribution in [-0.2, 0) is 14.8 Å². The van der Waals surface area contributed by atoms with Crippen molar-refractivity contribution >= 4 is 21.6 Å². The highest BCUT2D eigenvalue weighted by Gasteiger charge is 2.34. The van der Waals surface area contributed by atoms with Gasteiger partial charge in [-0.2, -0.15) is 4.31 Å². The van der Waals surface area contributed by atoms with Crippen molar-refractivity contribution in [1.82, 2.24) is 4.31 Å². The van der Waals surface area contributed by atoms with Gasteiger partial charge in [-0.1, -0.05) is 0 Å². The summed E-state index contributed by atoms with van der Waals surface area (Å²) in [6.07, 6.45) is 4.84. The third-order valence-corrected chi connectivity index (χ3v) is 7.09. The molecule has 0 bridgehead atoms. The Hall–Kier alpha value is -2.12. The lowest BCUT2D eigenvalue weighted by molar-refractivity contribution is -0.119. The molecule has 3 heterocycles. The van der Waals surface area contributed by atoms with E-state index in [1.807, 2.05) is 12.1 Å². The zero-order valence-electron chi connectivity index (χ0n) is 14.5. The smallest absolute Gasteiger partial charge is 0.243 e. The van der Waals surface area contributed by atoms with Crippen molar-refractivity contribution < 1.29 is 17.6 Å². The summed E-state index contributed by atoms with van der Waals surface area (Å²) in [5, 5.41) is 0. The maximum atomic E-state index is 12.9. The van der Waals surface area contributed by atoms with Crippen molar-refractivity contribution in [2.75, 3.05) is 24.5 Å². The van der Waals surface area contributed by atoms with E-state index in [9.17, 15) is 13.2 Å². The summed E-state index contributed by atoms with van der Waals surface area (Å²) in [6.45, 7) is 1.62. The van der Waals surface area contributed by atoms with Gasteiger partial charge in [0.15, 0.2) is 0 Å². The Bertz CT molecular complexity index is 875. The maximum absolute atomic E-state index is 12.9. The minimum absolute atomic E-state index is 0.102. The lowest BCUT2D eigenvalue weighted by atomic mass is 10.1. The quantitative estimate of drug-likeness (QED) is 0.825. The van der Waals surface area contributed by atoms with Crippen molar-refractivity contribution in [3.05, 3.63) is 48.4 Å². The van der Waals surface area contributed by atoms with Gasteiger partial charge in [0.1, 0.15) is 5.76 Å². The van der Waals surface area contributed by atoms with Crippen LogP contribution in [0.1, 0.15) is 37.4 Å². The van der Waals surface area contributed by atoms with Gasteiger partial charge in [-0.15, -0.1) is 0 Å². The van der Waals surface area contributed by atoms with Gasteiger partial charge >= 0.3 is 0 Å². The normalized spacial score (nSPS) is 22.1. The van der Waals surface area contributed by atoms with Crippen molar-refractivity contribution in [3.63, 3.8) is 0 Å². The second-order valence-corrected chi connectivity index (χ2v) is 8.80. The van der Waals surface area contributed by atoms with Crippen LogP contribution in [0.4, 0.5) is 5.69 Å². The Morgan fingerprint density at radius 1 is 1.04 bits per heavy atom. The Morgan fingerprint density at radius 2 is 1.85 bits per heavy atom. The van der Waals surface area contributed by atoms with E-state index in [1.165, 1.54) is 4.31 Å².